The minimum atomic E-state index is -2.88. The number of hydrogen-bond donors (Lipinski definition) is 0. The van der Waals surface area contributed by atoms with Crippen molar-refractivity contribution in [2.45, 2.75) is 51.4 Å². The van der Waals surface area contributed by atoms with Gasteiger partial charge < -0.3 is 0 Å². The van der Waals surface area contributed by atoms with Crippen LogP contribution in [0.2, 0.25) is 0 Å². The number of nitrogens with zero attached hydrogens (tertiary/aromatic N) is 1. The SMILES string of the molecule is CC(C)C1CC(S(C)(=O)=O)CN1C(C)C. The van der Waals surface area contributed by atoms with Crippen molar-refractivity contribution in [1.29, 1.82) is 0 Å². The summed E-state index contributed by atoms with van der Waals surface area (Å²) in [7, 11) is -2.88. The van der Waals surface area contributed by atoms with E-state index < -0.39 is 9.84 Å². The third kappa shape index (κ3) is 2.94. The molecule has 4 heteroatoms. The van der Waals surface area contributed by atoms with Gasteiger partial charge in [-0.2, -0.15) is 0 Å². The van der Waals surface area contributed by atoms with Gasteiger partial charge in [-0.15, -0.1) is 0 Å². The van der Waals surface area contributed by atoms with E-state index in [-0.39, 0.29) is 5.25 Å². The zero-order valence-electron chi connectivity index (χ0n) is 10.4. The first-order valence-corrected chi connectivity index (χ1v) is 7.63. The van der Waals surface area contributed by atoms with E-state index in [1.165, 1.54) is 6.26 Å². The van der Waals surface area contributed by atoms with Gasteiger partial charge in [0.15, 0.2) is 9.84 Å². The maximum Gasteiger partial charge on any atom is 0.151 e. The number of sulfone groups is 1. The van der Waals surface area contributed by atoms with Gasteiger partial charge in [-0.05, 0) is 26.2 Å². The fourth-order valence-electron chi connectivity index (χ4n) is 2.41. The van der Waals surface area contributed by atoms with Crippen LogP contribution in [-0.4, -0.2) is 43.5 Å². The molecular formula is C11H23NO2S. The van der Waals surface area contributed by atoms with Crippen LogP contribution in [0.4, 0.5) is 0 Å². The molecule has 0 amide bonds. The second-order valence-corrected chi connectivity index (χ2v) is 7.61. The lowest BCUT2D eigenvalue weighted by molar-refractivity contribution is 0.166. The minimum absolute atomic E-state index is 0.160. The van der Waals surface area contributed by atoms with Gasteiger partial charge >= 0.3 is 0 Å². The van der Waals surface area contributed by atoms with Crippen molar-refractivity contribution in [3.05, 3.63) is 0 Å². The molecule has 15 heavy (non-hydrogen) atoms. The third-order valence-corrected chi connectivity index (χ3v) is 4.94. The Morgan fingerprint density at radius 2 is 1.73 bits per heavy atom. The van der Waals surface area contributed by atoms with E-state index in [0.717, 1.165) is 6.42 Å². The molecule has 2 atom stereocenters. The van der Waals surface area contributed by atoms with Crippen molar-refractivity contribution in [1.82, 2.24) is 4.90 Å². The summed E-state index contributed by atoms with van der Waals surface area (Å²) in [4.78, 5) is 2.33. The van der Waals surface area contributed by atoms with E-state index in [4.69, 9.17) is 0 Å². The molecule has 0 saturated carbocycles. The lowest BCUT2D eigenvalue weighted by Crippen LogP contribution is -2.38. The van der Waals surface area contributed by atoms with Gasteiger partial charge in [0.05, 0.1) is 5.25 Å². The highest BCUT2D eigenvalue weighted by Gasteiger charge is 2.39. The van der Waals surface area contributed by atoms with Crippen LogP contribution in [0.3, 0.4) is 0 Å². The molecule has 0 aliphatic carbocycles. The molecule has 0 radical (unpaired) electrons. The topological polar surface area (TPSA) is 37.4 Å². The van der Waals surface area contributed by atoms with Crippen LogP contribution in [0.1, 0.15) is 34.1 Å². The van der Waals surface area contributed by atoms with Gasteiger partial charge in [-0.3, -0.25) is 4.90 Å². The van der Waals surface area contributed by atoms with Crippen molar-refractivity contribution in [3.63, 3.8) is 0 Å². The summed E-state index contributed by atoms with van der Waals surface area (Å²) in [6, 6.07) is 0.855. The van der Waals surface area contributed by atoms with Crippen LogP contribution in [0.5, 0.6) is 0 Å². The highest BCUT2D eigenvalue weighted by Crippen LogP contribution is 2.29. The fraction of sp³-hybridized carbons (Fsp3) is 1.00. The van der Waals surface area contributed by atoms with Crippen LogP contribution < -0.4 is 0 Å². The predicted octanol–water partition coefficient (Wildman–Crippen LogP) is 1.54. The smallest absolute Gasteiger partial charge is 0.151 e. The normalized spacial score (nSPS) is 29.3. The van der Waals surface area contributed by atoms with Crippen molar-refractivity contribution < 1.29 is 8.42 Å². The van der Waals surface area contributed by atoms with E-state index in [0.29, 0.717) is 24.5 Å². The van der Waals surface area contributed by atoms with E-state index in [1.54, 1.807) is 0 Å². The van der Waals surface area contributed by atoms with E-state index in [2.05, 4.69) is 32.6 Å². The van der Waals surface area contributed by atoms with Gasteiger partial charge in [-0.25, -0.2) is 8.42 Å². The average Bonchev–Trinajstić information content (AvgIpc) is 2.45. The van der Waals surface area contributed by atoms with Crippen LogP contribution in [-0.2, 0) is 9.84 Å². The lowest BCUT2D eigenvalue weighted by atomic mass is 10.0. The molecule has 1 fully saturated rings. The molecule has 1 rings (SSSR count). The zero-order valence-corrected chi connectivity index (χ0v) is 11.2. The summed E-state index contributed by atoms with van der Waals surface area (Å²) in [5.41, 5.74) is 0. The first-order valence-electron chi connectivity index (χ1n) is 5.68. The molecule has 90 valence electrons. The summed E-state index contributed by atoms with van der Waals surface area (Å²) >= 11 is 0. The summed E-state index contributed by atoms with van der Waals surface area (Å²) in [6.45, 7) is 9.33. The molecule has 0 aromatic rings. The van der Waals surface area contributed by atoms with Crippen molar-refractivity contribution in [3.8, 4) is 0 Å². The quantitative estimate of drug-likeness (QED) is 0.742. The third-order valence-electron chi connectivity index (χ3n) is 3.38. The van der Waals surface area contributed by atoms with Gasteiger partial charge in [-0.1, -0.05) is 13.8 Å². The predicted molar refractivity (Wildman–Crippen MR) is 63.7 cm³/mol. The Balaban J connectivity index is 2.83. The molecule has 0 N–H and O–H groups in total. The number of likely N-dealkylation sites (tertiary alicyclic amines) is 1. The van der Waals surface area contributed by atoms with Crippen molar-refractivity contribution in [2.75, 3.05) is 12.8 Å². The molecule has 1 aliphatic heterocycles. The molecule has 2 unspecified atom stereocenters. The molecule has 0 aromatic heterocycles. The molecular weight excluding hydrogens is 210 g/mol. The Morgan fingerprint density at radius 1 is 1.20 bits per heavy atom. The van der Waals surface area contributed by atoms with E-state index in [1.807, 2.05) is 0 Å². The lowest BCUT2D eigenvalue weighted by Gasteiger charge is -2.30. The zero-order chi connectivity index (χ0) is 11.8. The van der Waals surface area contributed by atoms with Gasteiger partial charge in [0.25, 0.3) is 0 Å². The molecule has 0 bridgehead atoms. The second-order valence-electron chi connectivity index (χ2n) is 5.29. The number of rotatable bonds is 3. The van der Waals surface area contributed by atoms with E-state index in [9.17, 15) is 8.42 Å². The molecule has 0 spiro atoms. The maximum atomic E-state index is 11.5. The maximum absolute atomic E-state index is 11.5. The molecule has 1 saturated heterocycles. The summed E-state index contributed by atoms with van der Waals surface area (Å²) in [5, 5.41) is -0.160. The molecule has 1 aliphatic rings. The molecule has 0 aromatic carbocycles. The Labute approximate surface area is 93.8 Å². The van der Waals surface area contributed by atoms with Gasteiger partial charge in [0, 0.05) is 24.9 Å². The highest BCUT2D eigenvalue weighted by molar-refractivity contribution is 7.91. The Morgan fingerprint density at radius 3 is 2.00 bits per heavy atom. The summed E-state index contributed by atoms with van der Waals surface area (Å²) in [6.07, 6.45) is 2.16. The monoisotopic (exact) mass is 233 g/mol. The van der Waals surface area contributed by atoms with Crippen LogP contribution in [0.25, 0.3) is 0 Å². The summed E-state index contributed by atoms with van der Waals surface area (Å²) in [5.74, 6) is 0.527. The first-order chi connectivity index (χ1) is 6.73. The van der Waals surface area contributed by atoms with Crippen LogP contribution in [0.15, 0.2) is 0 Å². The minimum Gasteiger partial charge on any atom is -0.296 e. The Hall–Kier alpha value is -0.0900. The van der Waals surface area contributed by atoms with Gasteiger partial charge in [0.2, 0.25) is 0 Å². The summed E-state index contributed by atoms with van der Waals surface area (Å²) < 4.78 is 23.1. The Bertz CT molecular complexity index is 293. The standard InChI is InChI=1S/C11H23NO2S/c1-8(2)11-6-10(15(5,13)14)7-12(11)9(3)4/h8-11H,6-7H2,1-5H3. The number of hydrogen-bond acceptors (Lipinski definition) is 3. The molecule has 1 heterocycles. The van der Waals surface area contributed by atoms with Crippen molar-refractivity contribution >= 4 is 9.84 Å². The van der Waals surface area contributed by atoms with Crippen LogP contribution in [0, 0.1) is 5.92 Å². The van der Waals surface area contributed by atoms with Crippen molar-refractivity contribution in [2.24, 2.45) is 5.92 Å². The first kappa shape index (κ1) is 13.0. The van der Waals surface area contributed by atoms with Crippen LogP contribution >= 0.6 is 0 Å². The highest BCUT2D eigenvalue weighted by atomic mass is 32.2. The van der Waals surface area contributed by atoms with Gasteiger partial charge in [0.1, 0.15) is 0 Å². The van der Waals surface area contributed by atoms with E-state index >= 15 is 0 Å². The molecule has 3 nitrogen and oxygen atoms in total. The second kappa shape index (κ2) is 4.42. The largest absolute Gasteiger partial charge is 0.296 e. The average molecular weight is 233 g/mol. The fourth-order valence-corrected chi connectivity index (χ4v) is 3.40. The Kier molecular flexibility index (Phi) is 3.82.